The van der Waals surface area contributed by atoms with Crippen molar-refractivity contribution in [2.45, 2.75) is 13.5 Å². The fourth-order valence-electron chi connectivity index (χ4n) is 4.43. The van der Waals surface area contributed by atoms with E-state index < -0.39 is 0 Å². The molecule has 142 valence electrons. The molecule has 2 aromatic rings. The highest BCUT2D eigenvalue weighted by Crippen LogP contribution is 2.29. The Balaban J connectivity index is 1.44. The highest BCUT2D eigenvalue weighted by molar-refractivity contribution is 6.31. The lowest BCUT2D eigenvalue weighted by molar-refractivity contribution is 0.0264. The summed E-state index contributed by atoms with van der Waals surface area (Å²) < 4.78 is 5.45. The molecule has 6 heteroatoms. The average molecular weight is 378 g/mol. The minimum Gasteiger partial charge on any atom is -0.396 e. The second-order valence-electron chi connectivity index (χ2n) is 7.73. The van der Waals surface area contributed by atoms with Crippen LogP contribution in [0.4, 0.5) is 0 Å². The number of aliphatic hydroxyl groups is 1. The predicted molar refractivity (Wildman–Crippen MR) is 105 cm³/mol. The fourth-order valence-corrected chi connectivity index (χ4v) is 4.60. The molecule has 0 aliphatic carbocycles. The van der Waals surface area contributed by atoms with Gasteiger partial charge in [0.05, 0.1) is 13.2 Å². The maximum atomic E-state index is 9.86. The first-order chi connectivity index (χ1) is 12.6. The van der Waals surface area contributed by atoms with Gasteiger partial charge in [0.15, 0.2) is 0 Å². The first-order valence-corrected chi connectivity index (χ1v) is 9.92. The van der Waals surface area contributed by atoms with Crippen molar-refractivity contribution in [3.05, 3.63) is 34.5 Å². The highest BCUT2D eigenvalue weighted by Gasteiger charge is 2.34. The second kappa shape index (κ2) is 7.87. The van der Waals surface area contributed by atoms with Crippen molar-refractivity contribution in [2.24, 2.45) is 11.8 Å². The smallest absolute Gasteiger partial charge is 0.0594 e. The van der Waals surface area contributed by atoms with Gasteiger partial charge in [-0.25, -0.2) is 0 Å². The van der Waals surface area contributed by atoms with Crippen LogP contribution in [0, 0.1) is 18.8 Å². The number of hydrogen-bond acceptors (Lipinski definition) is 4. The molecule has 2 fully saturated rings. The lowest BCUT2D eigenvalue weighted by Crippen LogP contribution is -2.41. The molecule has 0 radical (unpaired) electrons. The van der Waals surface area contributed by atoms with Crippen LogP contribution >= 0.6 is 11.6 Å². The van der Waals surface area contributed by atoms with Crippen molar-refractivity contribution in [3.63, 3.8) is 0 Å². The normalized spacial score (nSPS) is 25.3. The number of likely N-dealkylation sites (tertiary alicyclic amines) is 1. The first-order valence-electron chi connectivity index (χ1n) is 9.54. The summed E-state index contributed by atoms with van der Waals surface area (Å²) in [6.07, 6.45) is 0. The Hall–Kier alpha value is -1.11. The van der Waals surface area contributed by atoms with Crippen LogP contribution in [0.5, 0.6) is 0 Å². The van der Waals surface area contributed by atoms with E-state index in [1.54, 1.807) is 0 Å². The molecule has 2 unspecified atom stereocenters. The summed E-state index contributed by atoms with van der Waals surface area (Å²) in [4.78, 5) is 8.52. The van der Waals surface area contributed by atoms with Gasteiger partial charge < -0.3 is 14.8 Å². The third kappa shape index (κ3) is 3.78. The van der Waals surface area contributed by atoms with Gasteiger partial charge in [-0.15, -0.1) is 0 Å². The number of morpholine rings is 1. The number of aromatic nitrogens is 1. The molecule has 0 amide bonds. The van der Waals surface area contributed by atoms with Crippen LogP contribution in [0.2, 0.25) is 5.02 Å². The summed E-state index contributed by atoms with van der Waals surface area (Å²) in [6, 6.07) is 6.02. The quantitative estimate of drug-likeness (QED) is 0.840. The molecule has 2 N–H and O–H groups in total. The van der Waals surface area contributed by atoms with Gasteiger partial charge in [0.1, 0.15) is 0 Å². The minimum atomic E-state index is 0.271. The molecular weight excluding hydrogens is 350 g/mol. The predicted octanol–water partition coefficient (Wildman–Crippen LogP) is 2.50. The van der Waals surface area contributed by atoms with Crippen molar-refractivity contribution in [3.8, 4) is 0 Å². The topological polar surface area (TPSA) is 51.7 Å². The van der Waals surface area contributed by atoms with Gasteiger partial charge in [-0.05, 0) is 42.5 Å². The molecule has 2 saturated heterocycles. The standard InChI is InChI=1S/C20H28ClN3O2/c1-14-18-8-17(21)2-3-19(18)22-20(14)12-24-10-15(16(11-24)13-25)9-23-4-6-26-7-5-23/h2-3,8,15-16,22,25H,4-7,9-13H2,1H3. The molecule has 2 aliphatic rings. The third-order valence-electron chi connectivity index (χ3n) is 5.99. The summed E-state index contributed by atoms with van der Waals surface area (Å²) in [7, 11) is 0. The second-order valence-corrected chi connectivity index (χ2v) is 8.16. The Morgan fingerprint density at radius 2 is 1.96 bits per heavy atom. The summed E-state index contributed by atoms with van der Waals surface area (Å²) in [5, 5.41) is 11.8. The Morgan fingerprint density at radius 1 is 1.19 bits per heavy atom. The number of aryl methyl sites for hydroxylation is 1. The molecule has 2 aliphatic heterocycles. The Bertz CT molecular complexity index is 757. The van der Waals surface area contributed by atoms with Crippen LogP contribution in [0.3, 0.4) is 0 Å². The lowest BCUT2D eigenvalue weighted by Gasteiger charge is -2.30. The molecule has 1 aromatic carbocycles. The van der Waals surface area contributed by atoms with Crippen LogP contribution in [-0.4, -0.2) is 72.4 Å². The van der Waals surface area contributed by atoms with Gasteiger partial charge in [0.2, 0.25) is 0 Å². The van der Waals surface area contributed by atoms with Gasteiger partial charge in [-0.1, -0.05) is 11.6 Å². The summed E-state index contributed by atoms with van der Waals surface area (Å²) in [5.41, 5.74) is 3.68. The highest BCUT2D eigenvalue weighted by atomic mass is 35.5. The van der Waals surface area contributed by atoms with Gasteiger partial charge in [0.25, 0.3) is 0 Å². The summed E-state index contributed by atoms with van der Waals surface area (Å²) in [5.74, 6) is 0.884. The van der Waals surface area contributed by atoms with Crippen molar-refractivity contribution in [1.82, 2.24) is 14.8 Å². The Morgan fingerprint density at radius 3 is 2.73 bits per heavy atom. The number of fused-ring (bicyclic) bond motifs is 1. The van der Waals surface area contributed by atoms with Crippen molar-refractivity contribution in [1.29, 1.82) is 0 Å². The van der Waals surface area contributed by atoms with E-state index >= 15 is 0 Å². The van der Waals surface area contributed by atoms with Gasteiger partial charge in [0, 0.05) is 67.5 Å². The number of hydrogen-bond donors (Lipinski definition) is 2. The largest absolute Gasteiger partial charge is 0.396 e. The fraction of sp³-hybridized carbons (Fsp3) is 0.600. The van der Waals surface area contributed by atoms with E-state index in [-0.39, 0.29) is 6.61 Å². The van der Waals surface area contributed by atoms with Gasteiger partial charge >= 0.3 is 0 Å². The third-order valence-corrected chi connectivity index (χ3v) is 6.22. The monoisotopic (exact) mass is 377 g/mol. The molecule has 5 nitrogen and oxygen atoms in total. The molecule has 2 atom stereocenters. The van der Waals surface area contributed by atoms with E-state index in [0.717, 1.165) is 63.0 Å². The number of rotatable bonds is 5. The number of ether oxygens (including phenoxy) is 1. The van der Waals surface area contributed by atoms with Gasteiger partial charge in [-0.3, -0.25) is 9.80 Å². The first kappa shape index (κ1) is 18.3. The van der Waals surface area contributed by atoms with Crippen molar-refractivity contribution in [2.75, 3.05) is 52.5 Å². The van der Waals surface area contributed by atoms with Crippen LogP contribution in [-0.2, 0) is 11.3 Å². The Labute approximate surface area is 159 Å². The van der Waals surface area contributed by atoms with E-state index in [9.17, 15) is 5.11 Å². The van der Waals surface area contributed by atoms with Crippen LogP contribution in [0.1, 0.15) is 11.3 Å². The number of halogens is 1. The number of benzene rings is 1. The number of H-pyrrole nitrogens is 1. The number of aliphatic hydroxyl groups excluding tert-OH is 1. The van der Waals surface area contributed by atoms with Crippen LogP contribution < -0.4 is 0 Å². The lowest BCUT2D eigenvalue weighted by atomic mass is 9.96. The molecule has 0 spiro atoms. The Kier molecular flexibility index (Phi) is 5.53. The van der Waals surface area contributed by atoms with Crippen LogP contribution in [0.15, 0.2) is 18.2 Å². The van der Waals surface area contributed by atoms with Crippen molar-refractivity contribution < 1.29 is 9.84 Å². The molecule has 3 heterocycles. The zero-order valence-electron chi connectivity index (χ0n) is 15.4. The number of nitrogens with one attached hydrogen (secondary N) is 1. The maximum Gasteiger partial charge on any atom is 0.0594 e. The van der Waals surface area contributed by atoms with E-state index in [2.05, 4.69) is 27.8 Å². The zero-order chi connectivity index (χ0) is 18.1. The van der Waals surface area contributed by atoms with Crippen molar-refractivity contribution >= 4 is 22.5 Å². The average Bonchev–Trinajstić information content (AvgIpc) is 3.17. The van der Waals surface area contributed by atoms with E-state index in [0.29, 0.717) is 11.8 Å². The SMILES string of the molecule is Cc1c(CN2CC(CO)C(CN3CCOCC3)C2)[nH]c2ccc(Cl)cc12. The zero-order valence-corrected chi connectivity index (χ0v) is 16.1. The van der Waals surface area contributed by atoms with E-state index in [4.69, 9.17) is 16.3 Å². The number of nitrogens with zero attached hydrogens (tertiary/aromatic N) is 2. The minimum absolute atomic E-state index is 0.271. The molecule has 0 saturated carbocycles. The molecule has 4 rings (SSSR count). The molecular formula is C20H28ClN3O2. The molecule has 26 heavy (non-hydrogen) atoms. The summed E-state index contributed by atoms with van der Waals surface area (Å²) in [6.45, 7) is 10.1. The number of aromatic amines is 1. The maximum absolute atomic E-state index is 9.86. The van der Waals surface area contributed by atoms with Crippen LogP contribution in [0.25, 0.3) is 10.9 Å². The summed E-state index contributed by atoms with van der Waals surface area (Å²) >= 11 is 6.15. The van der Waals surface area contributed by atoms with Gasteiger partial charge in [-0.2, -0.15) is 0 Å². The molecule has 1 aromatic heterocycles. The molecule has 0 bridgehead atoms. The van der Waals surface area contributed by atoms with E-state index in [1.807, 2.05) is 12.1 Å². The van der Waals surface area contributed by atoms with E-state index in [1.165, 1.54) is 16.6 Å².